The van der Waals surface area contributed by atoms with Gasteiger partial charge in [0.1, 0.15) is 11.6 Å². The van der Waals surface area contributed by atoms with E-state index in [4.69, 9.17) is 14.1 Å². The van der Waals surface area contributed by atoms with Gasteiger partial charge < -0.3 is 19.0 Å². The Morgan fingerprint density at radius 3 is 2.78 bits per heavy atom. The number of hydrogen-bond acceptors (Lipinski definition) is 4. The number of carbonyl (C=O) groups excluding carboxylic acids is 1. The fraction of sp³-hybridized carbons (Fsp3) is 0.308. The van der Waals surface area contributed by atoms with Gasteiger partial charge in [0, 0.05) is 19.5 Å². The Balaban J connectivity index is 1.34. The summed E-state index contributed by atoms with van der Waals surface area (Å²) >= 11 is 0. The summed E-state index contributed by atoms with van der Waals surface area (Å²) in [4.78, 5) is 16.9. The predicted molar refractivity (Wildman–Crippen MR) is 125 cm³/mol. The topological polar surface area (TPSA) is 69.3 Å². The summed E-state index contributed by atoms with van der Waals surface area (Å²) in [6.45, 7) is 6.21. The van der Waals surface area contributed by atoms with E-state index in [0.717, 1.165) is 54.0 Å². The van der Waals surface area contributed by atoms with Crippen molar-refractivity contribution in [1.29, 1.82) is 0 Å². The van der Waals surface area contributed by atoms with Crippen LogP contribution >= 0.6 is 0 Å². The Morgan fingerprint density at radius 2 is 1.97 bits per heavy atom. The van der Waals surface area contributed by atoms with Gasteiger partial charge in [0.25, 0.3) is 5.91 Å². The first-order valence-corrected chi connectivity index (χ1v) is 11.1. The summed E-state index contributed by atoms with van der Waals surface area (Å²) < 4.78 is 13.4. The average Bonchev–Trinajstić information content (AvgIpc) is 3.44. The summed E-state index contributed by atoms with van der Waals surface area (Å²) in [6, 6.07) is 17.8. The lowest BCUT2D eigenvalue weighted by atomic mass is 10.1. The van der Waals surface area contributed by atoms with Gasteiger partial charge >= 0.3 is 0 Å². The molecule has 0 spiro atoms. The van der Waals surface area contributed by atoms with Crippen LogP contribution in [0.25, 0.3) is 11.0 Å². The van der Waals surface area contributed by atoms with Gasteiger partial charge in [0.2, 0.25) is 0 Å². The third-order valence-corrected chi connectivity index (χ3v) is 5.46. The lowest BCUT2D eigenvalue weighted by molar-refractivity contribution is 0.0925. The van der Waals surface area contributed by atoms with Crippen molar-refractivity contribution >= 4 is 16.9 Å². The van der Waals surface area contributed by atoms with Crippen LogP contribution in [-0.2, 0) is 13.0 Å². The third kappa shape index (κ3) is 5.19. The first-order valence-electron chi connectivity index (χ1n) is 11.1. The highest BCUT2D eigenvalue weighted by molar-refractivity contribution is 5.91. The second kappa shape index (κ2) is 10.2. The molecule has 1 N–H and O–H groups in total. The van der Waals surface area contributed by atoms with Gasteiger partial charge in [-0.2, -0.15) is 0 Å². The largest absolute Gasteiger partial charge is 0.493 e. The maximum absolute atomic E-state index is 12.0. The fourth-order valence-corrected chi connectivity index (χ4v) is 3.88. The van der Waals surface area contributed by atoms with Gasteiger partial charge in [-0.05, 0) is 62.6 Å². The van der Waals surface area contributed by atoms with Crippen molar-refractivity contribution in [3.8, 4) is 5.75 Å². The van der Waals surface area contributed by atoms with Crippen LogP contribution < -0.4 is 10.1 Å². The number of aryl methyl sites for hydroxylation is 4. The van der Waals surface area contributed by atoms with Gasteiger partial charge in [0.05, 0.1) is 23.9 Å². The molecule has 4 rings (SSSR count). The summed E-state index contributed by atoms with van der Waals surface area (Å²) in [5.41, 5.74) is 4.53. The van der Waals surface area contributed by atoms with E-state index in [0.29, 0.717) is 18.9 Å². The lowest BCUT2D eigenvalue weighted by Crippen LogP contribution is -2.24. The minimum absolute atomic E-state index is 0.188. The molecule has 0 saturated carbocycles. The van der Waals surface area contributed by atoms with Gasteiger partial charge in [-0.3, -0.25) is 4.79 Å². The average molecular weight is 432 g/mol. The Hall–Kier alpha value is -3.54. The van der Waals surface area contributed by atoms with E-state index in [1.807, 2.05) is 24.3 Å². The Bertz CT molecular complexity index is 1180. The second-order valence-electron chi connectivity index (χ2n) is 7.98. The molecule has 4 aromatic rings. The molecule has 0 unspecified atom stereocenters. The SMILES string of the molecule is Cc1ccc(OCCCn2c(CCCNC(=O)c3ccco3)nc3ccccc32)c(C)c1. The fourth-order valence-electron chi connectivity index (χ4n) is 3.88. The number of para-hydroxylation sites is 2. The number of ether oxygens (including phenoxy) is 1. The van der Waals surface area contributed by atoms with Crippen molar-refractivity contribution in [2.24, 2.45) is 0 Å². The zero-order chi connectivity index (χ0) is 22.3. The quantitative estimate of drug-likeness (QED) is 0.356. The first-order chi connectivity index (χ1) is 15.6. The van der Waals surface area contributed by atoms with Crippen LogP contribution in [-0.4, -0.2) is 28.6 Å². The van der Waals surface area contributed by atoms with Crippen LogP contribution in [0.5, 0.6) is 5.75 Å². The van der Waals surface area contributed by atoms with E-state index in [1.165, 1.54) is 11.8 Å². The van der Waals surface area contributed by atoms with Crippen molar-refractivity contribution in [3.63, 3.8) is 0 Å². The van der Waals surface area contributed by atoms with E-state index in [2.05, 4.69) is 41.9 Å². The van der Waals surface area contributed by atoms with Crippen molar-refractivity contribution in [1.82, 2.24) is 14.9 Å². The molecule has 0 aliphatic rings. The number of fused-ring (bicyclic) bond motifs is 1. The smallest absolute Gasteiger partial charge is 0.286 e. The lowest BCUT2D eigenvalue weighted by Gasteiger charge is -2.12. The Morgan fingerprint density at radius 1 is 1.09 bits per heavy atom. The molecular formula is C26H29N3O3. The molecule has 6 nitrogen and oxygen atoms in total. The first kappa shape index (κ1) is 21.7. The number of hydrogen-bond donors (Lipinski definition) is 1. The van der Waals surface area contributed by atoms with Crippen molar-refractivity contribution in [3.05, 3.63) is 83.6 Å². The minimum Gasteiger partial charge on any atom is -0.493 e. The predicted octanol–water partition coefficient (Wildman–Crippen LogP) is 5.08. The molecular weight excluding hydrogens is 402 g/mol. The number of imidazole rings is 1. The van der Waals surface area contributed by atoms with Crippen LogP contribution in [0.4, 0.5) is 0 Å². The van der Waals surface area contributed by atoms with Crippen molar-refractivity contribution in [2.45, 2.75) is 39.7 Å². The molecule has 6 heteroatoms. The molecule has 32 heavy (non-hydrogen) atoms. The van der Waals surface area contributed by atoms with Gasteiger partial charge in [0.15, 0.2) is 5.76 Å². The molecule has 1 amide bonds. The summed E-state index contributed by atoms with van der Waals surface area (Å²) in [6.07, 6.45) is 3.97. The monoisotopic (exact) mass is 431 g/mol. The number of amides is 1. The number of benzene rings is 2. The minimum atomic E-state index is -0.188. The summed E-state index contributed by atoms with van der Waals surface area (Å²) in [5.74, 6) is 2.12. The number of furan rings is 1. The molecule has 2 aromatic heterocycles. The molecule has 0 radical (unpaired) electrons. The van der Waals surface area contributed by atoms with Crippen LogP contribution in [0.2, 0.25) is 0 Å². The zero-order valence-corrected chi connectivity index (χ0v) is 18.6. The van der Waals surface area contributed by atoms with E-state index in [-0.39, 0.29) is 5.91 Å². The van der Waals surface area contributed by atoms with Crippen molar-refractivity contribution < 1.29 is 13.9 Å². The van der Waals surface area contributed by atoms with E-state index >= 15 is 0 Å². The van der Waals surface area contributed by atoms with Gasteiger partial charge in [-0.1, -0.05) is 29.8 Å². The number of aromatic nitrogens is 2. The Labute approximate surface area is 188 Å². The second-order valence-corrected chi connectivity index (χ2v) is 7.98. The highest BCUT2D eigenvalue weighted by Crippen LogP contribution is 2.20. The zero-order valence-electron chi connectivity index (χ0n) is 18.6. The maximum Gasteiger partial charge on any atom is 0.286 e. The molecule has 2 heterocycles. The molecule has 166 valence electrons. The van der Waals surface area contributed by atoms with E-state index in [9.17, 15) is 4.79 Å². The van der Waals surface area contributed by atoms with E-state index in [1.54, 1.807) is 12.1 Å². The molecule has 0 bridgehead atoms. The molecule has 0 atom stereocenters. The molecule has 0 aliphatic heterocycles. The van der Waals surface area contributed by atoms with Gasteiger partial charge in [-0.25, -0.2) is 4.98 Å². The highest BCUT2D eigenvalue weighted by atomic mass is 16.5. The van der Waals surface area contributed by atoms with Crippen LogP contribution in [0.1, 0.15) is 40.3 Å². The normalized spacial score (nSPS) is 11.1. The number of nitrogens with zero attached hydrogens (tertiary/aromatic N) is 2. The molecule has 2 aromatic carbocycles. The molecule has 0 fully saturated rings. The van der Waals surface area contributed by atoms with Gasteiger partial charge in [-0.15, -0.1) is 0 Å². The van der Waals surface area contributed by atoms with Crippen LogP contribution in [0.15, 0.2) is 65.3 Å². The molecule has 0 saturated heterocycles. The van der Waals surface area contributed by atoms with Crippen molar-refractivity contribution in [2.75, 3.05) is 13.2 Å². The maximum atomic E-state index is 12.0. The molecule has 0 aliphatic carbocycles. The highest BCUT2D eigenvalue weighted by Gasteiger charge is 2.12. The summed E-state index contributed by atoms with van der Waals surface area (Å²) in [5, 5.41) is 2.90. The Kier molecular flexibility index (Phi) is 6.90. The summed E-state index contributed by atoms with van der Waals surface area (Å²) in [7, 11) is 0. The number of carbonyl (C=O) groups is 1. The van der Waals surface area contributed by atoms with Crippen LogP contribution in [0.3, 0.4) is 0 Å². The van der Waals surface area contributed by atoms with Crippen LogP contribution in [0, 0.1) is 13.8 Å². The van der Waals surface area contributed by atoms with E-state index < -0.39 is 0 Å². The number of rotatable bonds is 10. The standard InChI is InChI=1S/C26H29N3O3/c1-19-12-13-23(20(2)18-19)31-17-7-15-29-22-9-4-3-8-21(22)28-25(29)11-5-14-27-26(30)24-10-6-16-32-24/h3-4,6,8-10,12-13,16,18H,5,7,11,14-15,17H2,1-2H3,(H,27,30). The number of nitrogens with one attached hydrogen (secondary N) is 1. The third-order valence-electron chi connectivity index (χ3n) is 5.46.